The van der Waals surface area contributed by atoms with Gasteiger partial charge in [0.05, 0.1) is 25.3 Å². The number of hydrogen-bond acceptors (Lipinski definition) is 7. The van der Waals surface area contributed by atoms with Crippen molar-refractivity contribution in [2.75, 3.05) is 19.5 Å². The molecule has 0 saturated heterocycles. The molecule has 4 aromatic carbocycles. The van der Waals surface area contributed by atoms with Crippen LogP contribution in [-0.2, 0) is 16.0 Å². The van der Waals surface area contributed by atoms with Crippen molar-refractivity contribution in [1.29, 1.82) is 0 Å². The highest BCUT2D eigenvalue weighted by atomic mass is 35.5. The molecule has 5 rings (SSSR count). The predicted octanol–water partition coefficient (Wildman–Crippen LogP) is 6.56. The minimum Gasteiger partial charge on any atom is -0.497 e. The molecule has 42 heavy (non-hydrogen) atoms. The van der Waals surface area contributed by atoms with Gasteiger partial charge in [0.2, 0.25) is 0 Å². The van der Waals surface area contributed by atoms with E-state index in [9.17, 15) is 9.59 Å². The van der Waals surface area contributed by atoms with Crippen LogP contribution in [0.2, 0.25) is 0 Å². The topological polar surface area (TPSA) is 103 Å². The first kappa shape index (κ1) is 30.1. The summed E-state index contributed by atoms with van der Waals surface area (Å²) >= 11 is 0. The van der Waals surface area contributed by atoms with E-state index in [0.29, 0.717) is 34.8 Å². The number of methoxy groups -OCH3 is 2. The molecule has 1 unspecified atom stereocenters. The molecule has 216 valence electrons. The molecule has 2 N–H and O–H groups in total. The van der Waals surface area contributed by atoms with Crippen LogP contribution < -0.4 is 14.8 Å². The van der Waals surface area contributed by atoms with Gasteiger partial charge < -0.3 is 24.5 Å². The van der Waals surface area contributed by atoms with Gasteiger partial charge in [0.25, 0.3) is 0 Å². The second-order valence-electron chi connectivity index (χ2n) is 9.57. The van der Waals surface area contributed by atoms with Crippen molar-refractivity contribution in [3.8, 4) is 11.5 Å². The van der Waals surface area contributed by atoms with E-state index in [2.05, 4.69) is 15.3 Å². The third-order valence-corrected chi connectivity index (χ3v) is 6.79. The molecule has 0 radical (unpaired) electrons. The highest BCUT2D eigenvalue weighted by Gasteiger charge is 2.23. The van der Waals surface area contributed by atoms with Crippen LogP contribution in [0.15, 0.2) is 97.1 Å². The van der Waals surface area contributed by atoms with Gasteiger partial charge in [0.1, 0.15) is 23.4 Å². The Kier molecular flexibility index (Phi) is 9.83. The maximum Gasteiger partial charge on any atom is 0.328 e. The van der Waals surface area contributed by atoms with Crippen LogP contribution in [0.1, 0.15) is 40.3 Å². The van der Waals surface area contributed by atoms with Crippen LogP contribution in [0, 0.1) is 0 Å². The number of H-pyrrole nitrogens is 1. The molecule has 0 amide bonds. The molecule has 9 heteroatoms. The Morgan fingerprint density at radius 1 is 0.881 bits per heavy atom. The normalized spacial score (nSPS) is 12.1. The lowest BCUT2D eigenvalue weighted by atomic mass is 10.00. The molecular weight excluding hydrogens is 554 g/mol. The van der Waals surface area contributed by atoms with Crippen LogP contribution in [0.25, 0.3) is 11.0 Å². The molecule has 1 heterocycles. The summed E-state index contributed by atoms with van der Waals surface area (Å²) < 4.78 is 16.5. The fourth-order valence-electron chi connectivity index (χ4n) is 4.60. The van der Waals surface area contributed by atoms with Gasteiger partial charge >= 0.3 is 5.97 Å². The molecule has 8 nitrogen and oxygen atoms in total. The van der Waals surface area contributed by atoms with Crippen molar-refractivity contribution in [3.05, 3.63) is 120 Å². The van der Waals surface area contributed by atoms with E-state index in [1.165, 1.54) is 7.11 Å². The van der Waals surface area contributed by atoms with Crippen LogP contribution >= 0.6 is 12.4 Å². The molecule has 2 atom stereocenters. The molecular formula is C33H32ClN3O5. The first-order chi connectivity index (χ1) is 19.9. The molecule has 0 aliphatic rings. The first-order valence-corrected chi connectivity index (χ1v) is 13.3. The number of anilines is 1. The lowest BCUT2D eigenvalue weighted by Crippen LogP contribution is -2.33. The van der Waals surface area contributed by atoms with Crippen molar-refractivity contribution in [2.45, 2.75) is 25.5 Å². The van der Waals surface area contributed by atoms with Crippen LogP contribution in [0.5, 0.6) is 11.5 Å². The number of nitrogens with one attached hydrogen (secondary N) is 2. The summed E-state index contributed by atoms with van der Waals surface area (Å²) in [7, 11) is 2.98. The third-order valence-electron chi connectivity index (χ3n) is 6.79. The quantitative estimate of drug-likeness (QED) is 0.134. The average molecular weight is 586 g/mol. The van der Waals surface area contributed by atoms with E-state index in [0.717, 1.165) is 22.3 Å². The van der Waals surface area contributed by atoms with Crippen molar-refractivity contribution >= 4 is 40.9 Å². The molecule has 0 saturated carbocycles. The Balaban J connectivity index is 0.00000405. The predicted molar refractivity (Wildman–Crippen MR) is 165 cm³/mol. The van der Waals surface area contributed by atoms with Gasteiger partial charge in [-0.05, 0) is 48.9 Å². The standard InChI is InChI=1S/C33H31N3O5.ClH/c1-21(32-35-28-18-17-25(39-2)20-29(28)36-32)41-24-15-13-22(14-16-24)19-30(33(38)40-3)34-27-12-8-7-11-26(27)31(37)23-9-5-4-6-10-23;/h4-18,20-21,30,34H,19H2,1-3H3,(H,35,36);1H/t21?,30-;/m0./s1. The number of aromatic amines is 1. The molecule has 0 bridgehead atoms. The van der Waals surface area contributed by atoms with E-state index in [-0.39, 0.29) is 24.3 Å². The van der Waals surface area contributed by atoms with Gasteiger partial charge in [-0.2, -0.15) is 0 Å². The second kappa shape index (κ2) is 13.7. The molecule has 0 aliphatic carbocycles. The van der Waals surface area contributed by atoms with E-state index >= 15 is 0 Å². The number of carbonyl (C=O) groups excluding carboxylic acids is 2. The fourth-order valence-corrected chi connectivity index (χ4v) is 4.60. The second-order valence-corrected chi connectivity index (χ2v) is 9.57. The zero-order valence-corrected chi connectivity index (χ0v) is 24.3. The molecule has 0 fully saturated rings. The fraction of sp³-hybridized carbons (Fsp3) is 0.182. The number of hydrogen-bond donors (Lipinski definition) is 2. The Morgan fingerprint density at radius 2 is 1.57 bits per heavy atom. The van der Waals surface area contributed by atoms with Gasteiger partial charge in [-0.1, -0.05) is 54.6 Å². The number of nitrogens with zero attached hydrogens (tertiary/aromatic N) is 1. The number of aromatic nitrogens is 2. The summed E-state index contributed by atoms with van der Waals surface area (Å²) in [5, 5.41) is 3.24. The van der Waals surface area contributed by atoms with Gasteiger partial charge in [0, 0.05) is 29.3 Å². The summed E-state index contributed by atoms with van der Waals surface area (Å²) in [4.78, 5) is 33.8. The molecule has 0 spiro atoms. The van der Waals surface area contributed by atoms with E-state index in [4.69, 9.17) is 14.2 Å². The lowest BCUT2D eigenvalue weighted by molar-refractivity contribution is -0.141. The number of benzene rings is 4. The number of ketones is 1. The van der Waals surface area contributed by atoms with Gasteiger partial charge in [-0.15, -0.1) is 12.4 Å². The molecule has 5 aromatic rings. The monoisotopic (exact) mass is 585 g/mol. The summed E-state index contributed by atoms with van der Waals surface area (Å²) in [5.41, 5.74) is 4.22. The number of halogens is 1. The number of carbonyl (C=O) groups is 2. The van der Waals surface area contributed by atoms with Crippen molar-refractivity contribution in [3.63, 3.8) is 0 Å². The summed E-state index contributed by atoms with van der Waals surface area (Å²) in [6.07, 6.45) is 0.0317. The largest absolute Gasteiger partial charge is 0.497 e. The van der Waals surface area contributed by atoms with Crippen LogP contribution in [0.3, 0.4) is 0 Å². The first-order valence-electron chi connectivity index (χ1n) is 13.3. The summed E-state index contributed by atoms with van der Waals surface area (Å²) in [6, 6.07) is 28.7. The average Bonchev–Trinajstić information content (AvgIpc) is 3.45. The zero-order chi connectivity index (χ0) is 28.8. The van der Waals surface area contributed by atoms with Crippen LogP contribution in [-0.4, -0.2) is 42.0 Å². The Labute approximate surface area is 250 Å². The highest BCUT2D eigenvalue weighted by Crippen LogP contribution is 2.26. The Morgan fingerprint density at radius 3 is 2.29 bits per heavy atom. The van der Waals surface area contributed by atoms with Crippen molar-refractivity contribution < 1.29 is 23.8 Å². The summed E-state index contributed by atoms with van der Waals surface area (Å²) in [5.74, 6) is 1.57. The maximum atomic E-state index is 13.2. The van der Waals surface area contributed by atoms with Gasteiger partial charge in [0.15, 0.2) is 11.9 Å². The minimum absolute atomic E-state index is 0. The number of imidazole rings is 1. The summed E-state index contributed by atoms with van der Waals surface area (Å²) in [6.45, 7) is 1.92. The number of fused-ring (bicyclic) bond motifs is 1. The third kappa shape index (κ3) is 6.90. The van der Waals surface area contributed by atoms with E-state index in [1.807, 2.05) is 73.7 Å². The van der Waals surface area contributed by atoms with E-state index in [1.54, 1.807) is 37.4 Å². The number of para-hydroxylation sites is 1. The Hall–Kier alpha value is -4.82. The number of esters is 1. The lowest BCUT2D eigenvalue weighted by Gasteiger charge is -2.20. The zero-order valence-electron chi connectivity index (χ0n) is 23.5. The number of rotatable bonds is 11. The molecule has 0 aliphatic heterocycles. The van der Waals surface area contributed by atoms with Crippen molar-refractivity contribution in [1.82, 2.24) is 9.97 Å². The van der Waals surface area contributed by atoms with E-state index < -0.39 is 12.0 Å². The smallest absolute Gasteiger partial charge is 0.328 e. The minimum atomic E-state index is -0.706. The van der Waals surface area contributed by atoms with Crippen LogP contribution in [0.4, 0.5) is 5.69 Å². The van der Waals surface area contributed by atoms with Gasteiger partial charge in [-0.3, -0.25) is 4.79 Å². The highest BCUT2D eigenvalue weighted by molar-refractivity contribution is 6.12. The van der Waals surface area contributed by atoms with Crippen molar-refractivity contribution in [2.24, 2.45) is 0 Å². The Bertz CT molecular complexity index is 1650. The maximum absolute atomic E-state index is 13.2. The molecule has 1 aromatic heterocycles. The van der Waals surface area contributed by atoms with Gasteiger partial charge in [-0.25, -0.2) is 9.78 Å². The SMILES string of the molecule is COC(=O)[C@H](Cc1ccc(OC(C)c2nc3ccc(OC)cc3[nH]2)cc1)Nc1ccccc1C(=O)c1ccccc1.Cl. The number of ether oxygens (including phenoxy) is 3.